The van der Waals surface area contributed by atoms with Gasteiger partial charge in [-0.05, 0) is 19.1 Å². The quantitative estimate of drug-likeness (QED) is 0.704. The Balaban J connectivity index is 2.43. The SMILES string of the molecule is Cc1ccc(-c2ncc(Cl)s2)o1. The highest BCUT2D eigenvalue weighted by atomic mass is 35.5. The molecule has 0 radical (unpaired) electrons. The van der Waals surface area contributed by atoms with E-state index in [9.17, 15) is 0 Å². The molecule has 0 N–H and O–H groups in total. The number of rotatable bonds is 1. The Bertz CT molecular complexity index is 355. The number of halogens is 1. The summed E-state index contributed by atoms with van der Waals surface area (Å²) in [5.74, 6) is 1.67. The number of hydrogen-bond donors (Lipinski definition) is 0. The van der Waals surface area contributed by atoms with Crippen LogP contribution in [0.3, 0.4) is 0 Å². The van der Waals surface area contributed by atoms with Gasteiger partial charge in [0.1, 0.15) is 10.1 Å². The van der Waals surface area contributed by atoms with Gasteiger partial charge in [-0.15, -0.1) is 0 Å². The summed E-state index contributed by atoms with van der Waals surface area (Å²) in [6.07, 6.45) is 1.62. The molecule has 2 aromatic heterocycles. The van der Waals surface area contributed by atoms with Crippen LogP contribution in [0.1, 0.15) is 5.76 Å². The minimum absolute atomic E-state index is 0.680. The lowest BCUT2D eigenvalue weighted by molar-refractivity contribution is 0.548. The average Bonchev–Trinajstić information content (AvgIpc) is 2.58. The number of nitrogens with zero attached hydrogens (tertiary/aromatic N) is 1. The molecule has 2 heterocycles. The van der Waals surface area contributed by atoms with E-state index in [0.717, 1.165) is 16.5 Å². The summed E-state index contributed by atoms with van der Waals surface area (Å²) < 4.78 is 6.05. The van der Waals surface area contributed by atoms with Gasteiger partial charge in [-0.2, -0.15) is 0 Å². The van der Waals surface area contributed by atoms with Gasteiger partial charge in [0.15, 0.2) is 10.8 Å². The van der Waals surface area contributed by atoms with Crippen LogP contribution < -0.4 is 0 Å². The summed E-state index contributed by atoms with van der Waals surface area (Å²) in [5.41, 5.74) is 0. The molecule has 0 amide bonds. The van der Waals surface area contributed by atoms with E-state index in [-0.39, 0.29) is 0 Å². The van der Waals surface area contributed by atoms with E-state index in [0.29, 0.717) is 4.34 Å². The molecule has 4 heteroatoms. The summed E-state index contributed by atoms with van der Waals surface area (Å²) in [6, 6.07) is 3.80. The van der Waals surface area contributed by atoms with Crippen LogP contribution in [0.2, 0.25) is 4.34 Å². The van der Waals surface area contributed by atoms with Crippen molar-refractivity contribution in [2.24, 2.45) is 0 Å². The summed E-state index contributed by atoms with van der Waals surface area (Å²) in [4.78, 5) is 4.09. The van der Waals surface area contributed by atoms with Crippen molar-refractivity contribution in [3.63, 3.8) is 0 Å². The largest absolute Gasteiger partial charge is 0.459 e. The molecule has 0 fully saturated rings. The van der Waals surface area contributed by atoms with Gasteiger partial charge in [-0.25, -0.2) is 4.98 Å². The van der Waals surface area contributed by atoms with Crippen molar-refractivity contribution in [3.05, 3.63) is 28.4 Å². The predicted octanol–water partition coefficient (Wildman–Crippen LogP) is 3.36. The molecule has 0 atom stereocenters. The van der Waals surface area contributed by atoms with Crippen molar-refractivity contribution in [1.29, 1.82) is 0 Å². The highest BCUT2D eigenvalue weighted by Gasteiger charge is 2.06. The number of hydrogen-bond acceptors (Lipinski definition) is 3. The van der Waals surface area contributed by atoms with Gasteiger partial charge >= 0.3 is 0 Å². The first-order chi connectivity index (χ1) is 5.75. The second kappa shape index (κ2) is 2.92. The van der Waals surface area contributed by atoms with E-state index < -0.39 is 0 Å². The summed E-state index contributed by atoms with van der Waals surface area (Å²) in [5, 5.41) is 0.827. The van der Waals surface area contributed by atoms with E-state index >= 15 is 0 Å². The lowest BCUT2D eigenvalue weighted by Crippen LogP contribution is -1.66. The van der Waals surface area contributed by atoms with E-state index in [1.165, 1.54) is 11.3 Å². The Morgan fingerprint density at radius 3 is 2.83 bits per heavy atom. The molecule has 2 rings (SSSR count). The fourth-order valence-electron chi connectivity index (χ4n) is 0.918. The molecular weight excluding hydrogens is 194 g/mol. The topological polar surface area (TPSA) is 26.0 Å². The van der Waals surface area contributed by atoms with Crippen molar-refractivity contribution < 1.29 is 4.42 Å². The van der Waals surface area contributed by atoms with Gasteiger partial charge in [0, 0.05) is 0 Å². The minimum atomic E-state index is 0.680. The van der Waals surface area contributed by atoms with E-state index in [1.807, 2.05) is 19.1 Å². The van der Waals surface area contributed by atoms with Gasteiger partial charge < -0.3 is 4.42 Å². The molecule has 0 spiro atoms. The van der Waals surface area contributed by atoms with Gasteiger partial charge in [0.25, 0.3) is 0 Å². The van der Waals surface area contributed by atoms with Crippen molar-refractivity contribution in [2.45, 2.75) is 6.92 Å². The van der Waals surface area contributed by atoms with Crippen LogP contribution in [0.15, 0.2) is 22.7 Å². The van der Waals surface area contributed by atoms with E-state index in [1.54, 1.807) is 6.20 Å². The Morgan fingerprint density at radius 1 is 1.50 bits per heavy atom. The first-order valence-corrected chi connectivity index (χ1v) is 4.63. The fraction of sp³-hybridized carbons (Fsp3) is 0.125. The van der Waals surface area contributed by atoms with Crippen LogP contribution in [-0.4, -0.2) is 4.98 Å². The van der Waals surface area contributed by atoms with Crippen molar-refractivity contribution in [1.82, 2.24) is 4.98 Å². The van der Waals surface area contributed by atoms with Crippen molar-refractivity contribution >= 4 is 22.9 Å². The zero-order valence-corrected chi connectivity index (χ0v) is 7.95. The zero-order chi connectivity index (χ0) is 8.55. The molecule has 0 saturated carbocycles. The summed E-state index contributed by atoms with van der Waals surface area (Å²) >= 11 is 7.15. The molecule has 0 aliphatic carbocycles. The second-order valence-corrected chi connectivity index (χ2v) is 4.04. The Kier molecular flexibility index (Phi) is 1.90. The molecule has 0 aliphatic heterocycles. The third-order valence-corrected chi connectivity index (χ3v) is 2.56. The standard InChI is InChI=1S/C8H6ClNOS/c1-5-2-3-6(11-5)8-10-4-7(9)12-8/h2-4H,1H3. The summed E-state index contributed by atoms with van der Waals surface area (Å²) in [7, 11) is 0. The lowest BCUT2D eigenvalue weighted by Gasteiger charge is -1.86. The van der Waals surface area contributed by atoms with Gasteiger partial charge in [0.05, 0.1) is 6.20 Å². The van der Waals surface area contributed by atoms with Crippen LogP contribution in [0.4, 0.5) is 0 Å². The number of furan rings is 1. The highest BCUT2D eigenvalue weighted by Crippen LogP contribution is 2.28. The van der Waals surface area contributed by atoms with E-state index in [4.69, 9.17) is 16.0 Å². The third-order valence-electron chi connectivity index (χ3n) is 1.43. The molecule has 0 saturated heterocycles. The third kappa shape index (κ3) is 1.38. The lowest BCUT2D eigenvalue weighted by atomic mass is 10.4. The molecular formula is C8H6ClNOS. The Labute approximate surface area is 78.8 Å². The maximum Gasteiger partial charge on any atom is 0.162 e. The number of aryl methyl sites for hydroxylation is 1. The molecule has 62 valence electrons. The van der Waals surface area contributed by atoms with Gasteiger partial charge in [-0.1, -0.05) is 22.9 Å². The summed E-state index contributed by atoms with van der Waals surface area (Å²) in [6.45, 7) is 1.90. The molecule has 2 aromatic rings. The first kappa shape index (κ1) is 7.83. The van der Waals surface area contributed by atoms with Gasteiger partial charge in [-0.3, -0.25) is 0 Å². The van der Waals surface area contributed by atoms with Gasteiger partial charge in [0.2, 0.25) is 0 Å². The van der Waals surface area contributed by atoms with Crippen molar-refractivity contribution in [2.75, 3.05) is 0 Å². The maximum absolute atomic E-state index is 5.73. The monoisotopic (exact) mass is 199 g/mol. The van der Waals surface area contributed by atoms with Crippen molar-refractivity contribution in [3.8, 4) is 10.8 Å². The Hall–Kier alpha value is -0.800. The molecule has 0 aliphatic rings. The predicted molar refractivity (Wildman–Crippen MR) is 49.6 cm³/mol. The van der Waals surface area contributed by atoms with Crippen LogP contribution in [-0.2, 0) is 0 Å². The molecule has 0 aromatic carbocycles. The average molecular weight is 200 g/mol. The minimum Gasteiger partial charge on any atom is -0.459 e. The van der Waals surface area contributed by atoms with Crippen LogP contribution in [0.25, 0.3) is 10.8 Å². The highest BCUT2D eigenvalue weighted by molar-refractivity contribution is 7.18. The smallest absolute Gasteiger partial charge is 0.162 e. The van der Waals surface area contributed by atoms with Crippen LogP contribution in [0.5, 0.6) is 0 Å². The Morgan fingerprint density at radius 2 is 2.33 bits per heavy atom. The first-order valence-electron chi connectivity index (χ1n) is 3.44. The number of aromatic nitrogens is 1. The fourth-order valence-corrected chi connectivity index (χ4v) is 1.79. The van der Waals surface area contributed by atoms with Crippen LogP contribution >= 0.6 is 22.9 Å². The molecule has 0 unspecified atom stereocenters. The molecule has 2 nitrogen and oxygen atoms in total. The second-order valence-electron chi connectivity index (χ2n) is 2.38. The van der Waals surface area contributed by atoms with Crippen LogP contribution in [0, 0.1) is 6.92 Å². The molecule has 0 bridgehead atoms. The molecule has 12 heavy (non-hydrogen) atoms. The normalized spacial score (nSPS) is 10.5. The van der Waals surface area contributed by atoms with E-state index in [2.05, 4.69) is 4.98 Å². The maximum atomic E-state index is 5.73. The zero-order valence-electron chi connectivity index (χ0n) is 6.37. The number of thiazole rings is 1.